The Bertz CT molecular complexity index is 2000. The van der Waals surface area contributed by atoms with E-state index >= 15 is 0 Å². The number of amides is 1. The minimum atomic E-state index is -0.776. The molecule has 2 aromatic heterocycles. The summed E-state index contributed by atoms with van der Waals surface area (Å²) in [5.41, 5.74) is 2.58. The molecule has 57 heavy (non-hydrogen) atoms. The molecule has 1 fully saturated rings. The third-order valence-corrected chi connectivity index (χ3v) is 8.45. The Morgan fingerprint density at radius 2 is 1.33 bits per heavy atom. The summed E-state index contributed by atoms with van der Waals surface area (Å²) in [6.07, 6.45) is -1.65. The lowest BCUT2D eigenvalue weighted by molar-refractivity contribution is -0.142. The van der Waals surface area contributed by atoms with E-state index < -0.39 is 24.0 Å². The van der Waals surface area contributed by atoms with Crippen molar-refractivity contribution in [3.8, 4) is 23.0 Å². The normalized spacial score (nSPS) is 14.9. The van der Waals surface area contributed by atoms with E-state index in [1.165, 1.54) is 0 Å². The van der Waals surface area contributed by atoms with Gasteiger partial charge in [-0.1, -0.05) is 12.1 Å². The van der Waals surface area contributed by atoms with Gasteiger partial charge < -0.3 is 64.5 Å². The van der Waals surface area contributed by atoms with Crippen molar-refractivity contribution in [3.63, 3.8) is 0 Å². The zero-order valence-electron chi connectivity index (χ0n) is 33.4. The summed E-state index contributed by atoms with van der Waals surface area (Å²) in [5, 5.41) is 15.7. The summed E-state index contributed by atoms with van der Waals surface area (Å²) in [4.78, 5) is 43.3. The van der Waals surface area contributed by atoms with Crippen LogP contribution in [0.1, 0.15) is 38.8 Å². The van der Waals surface area contributed by atoms with Crippen LogP contribution in [0.25, 0.3) is 11.0 Å². The van der Waals surface area contributed by atoms with E-state index in [1.54, 1.807) is 42.3 Å². The van der Waals surface area contributed by atoms with Crippen LogP contribution < -0.4 is 45.5 Å². The van der Waals surface area contributed by atoms with Gasteiger partial charge in [0, 0.05) is 19.6 Å². The number of fused-ring (bicyclic) bond motifs is 1. The Morgan fingerprint density at radius 1 is 0.789 bits per heavy atom. The van der Waals surface area contributed by atoms with Crippen LogP contribution in [-0.4, -0.2) is 111 Å². The number of rotatable bonds is 20. The van der Waals surface area contributed by atoms with Gasteiger partial charge in [0.25, 0.3) is 0 Å². The van der Waals surface area contributed by atoms with Gasteiger partial charge in [-0.15, -0.1) is 0 Å². The number of anilines is 4. The van der Waals surface area contributed by atoms with Crippen LogP contribution in [0, 0.1) is 0 Å². The Labute approximate surface area is 330 Å². The molecule has 0 saturated carbocycles. The first-order chi connectivity index (χ1) is 27.4. The fourth-order valence-corrected chi connectivity index (χ4v) is 5.70. The minimum absolute atomic E-state index is 0.127. The summed E-state index contributed by atoms with van der Waals surface area (Å²) in [6, 6.07) is 11.2. The van der Waals surface area contributed by atoms with E-state index in [1.807, 2.05) is 50.2 Å². The summed E-state index contributed by atoms with van der Waals surface area (Å²) < 4.78 is 43.9. The monoisotopic (exact) mass is 793 g/mol. The van der Waals surface area contributed by atoms with Gasteiger partial charge in [-0.2, -0.15) is 9.97 Å². The summed E-state index contributed by atoms with van der Waals surface area (Å²) in [5.74, 6) is 2.39. The fourth-order valence-electron chi connectivity index (χ4n) is 5.70. The van der Waals surface area contributed by atoms with Crippen LogP contribution in [0.3, 0.4) is 0 Å². The quantitative estimate of drug-likeness (QED) is 0.0786. The molecule has 308 valence electrons. The van der Waals surface area contributed by atoms with Crippen molar-refractivity contribution in [3.05, 3.63) is 47.5 Å². The molecular weight excluding hydrogens is 742 g/mol. The van der Waals surface area contributed by atoms with Crippen LogP contribution in [0.4, 0.5) is 28.3 Å². The van der Waals surface area contributed by atoms with Crippen molar-refractivity contribution >= 4 is 46.6 Å². The number of hydrogen-bond donors (Lipinski definition) is 5. The predicted molar refractivity (Wildman–Crippen MR) is 211 cm³/mol. The van der Waals surface area contributed by atoms with Crippen LogP contribution >= 0.6 is 0 Å². The highest BCUT2D eigenvalue weighted by Gasteiger charge is 2.32. The summed E-state index contributed by atoms with van der Waals surface area (Å²) in [7, 11) is 6.31. The molecule has 1 saturated heterocycles. The van der Waals surface area contributed by atoms with Crippen LogP contribution in [0.5, 0.6) is 23.0 Å². The third-order valence-electron chi connectivity index (χ3n) is 8.45. The number of alkyl carbamates (subject to hydrolysis) is 1. The molecule has 2 unspecified atom stereocenters. The number of aromatic nitrogens is 4. The second kappa shape index (κ2) is 19.7. The number of carbonyl (C=O) groups is 2. The van der Waals surface area contributed by atoms with Gasteiger partial charge in [0.05, 0.1) is 48.2 Å². The van der Waals surface area contributed by atoms with Crippen molar-refractivity contribution in [2.24, 2.45) is 0 Å². The van der Waals surface area contributed by atoms with Gasteiger partial charge in [-0.05, 0) is 63.1 Å². The maximum absolute atomic E-state index is 12.3. The molecular formula is C38H51N9O10. The van der Waals surface area contributed by atoms with E-state index in [0.29, 0.717) is 77.9 Å². The maximum atomic E-state index is 12.3. The first kappa shape index (κ1) is 42.1. The van der Waals surface area contributed by atoms with E-state index in [4.69, 9.17) is 57.8 Å². The molecule has 1 amide bonds. The van der Waals surface area contributed by atoms with Gasteiger partial charge in [0.1, 0.15) is 29.8 Å². The molecule has 19 heteroatoms. The molecule has 1 aliphatic rings. The lowest BCUT2D eigenvalue weighted by Crippen LogP contribution is -2.35. The summed E-state index contributed by atoms with van der Waals surface area (Å²) >= 11 is 0. The van der Waals surface area contributed by atoms with Gasteiger partial charge in [-0.25, -0.2) is 14.8 Å². The van der Waals surface area contributed by atoms with Crippen molar-refractivity contribution in [1.29, 1.82) is 0 Å². The number of benzene rings is 2. The van der Waals surface area contributed by atoms with Crippen molar-refractivity contribution < 1.29 is 47.5 Å². The first-order valence-corrected chi connectivity index (χ1v) is 18.3. The molecule has 2 aromatic carbocycles. The standard InChI is InChI=1S/C38H51N9O10/c1-9-54-30(48)20-43-37(49)56-22(2)16-41-35-44-31-32(33(46-35)39-17-23-10-12-26(50-5)28(14-23)52-7)45-36(42-19-25-21-55-38(3,4)57-25)47-34(31)40-18-24-11-13-27(51-6)29(15-24)53-8/h10-15,22,25H,9,16-21H2,1-8H3,(H,43,49)(H2,39,41,44,46)(H2,40,42,45,47). The van der Waals surface area contributed by atoms with Crippen LogP contribution in [0.15, 0.2) is 36.4 Å². The van der Waals surface area contributed by atoms with E-state index in [9.17, 15) is 9.59 Å². The zero-order valence-corrected chi connectivity index (χ0v) is 33.4. The highest BCUT2D eigenvalue weighted by atomic mass is 16.7. The molecule has 5 rings (SSSR count). The number of hydrogen-bond acceptors (Lipinski definition) is 18. The van der Waals surface area contributed by atoms with E-state index in [-0.39, 0.29) is 31.7 Å². The average molecular weight is 794 g/mol. The maximum Gasteiger partial charge on any atom is 0.407 e. The Hall–Kier alpha value is -6.08. The molecule has 1 aliphatic heterocycles. The zero-order chi connectivity index (χ0) is 41.0. The molecule has 2 atom stereocenters. The van der Waals surface area contributed by atoms with Gasteiger partial charge >= 0.3 is 12.1 Å². The topological polar surface area (TPSA) is 220 Å². The minimum Gasteiger partial charge on any atom is -0.493 e. The molecule has 0 bridgehead atoms. The predicted octanol–water partition coefficient (Wildman–Crippen LogP) is 4.33. The Balaban J connectivity index is 1.47. The van der Waals surface area contributed by atoms with Gasteiger partial charge in [0.2, 0.25) is 11.9 Å². The smallest absolute Gasteiger partial charge is 0.407 e. The van der Waals surface area contributed by atoms with Crippen LogP contribution in [-0.2, 0) is 36.8 Å². The molecule has 19 nitrogen and oxygen atoms in total. The largest absolute Gasteiger partial charge is 0.493 e. The lowest BCUT2D eigenvalue weighted by Gasteiger charge is -2.19. The average Bonchev–Trinajstić information content (AvgIpc) is 3.57. The number of ether oxygens (including phenoxy) is 8. The fraction of sp³-hybridized carbons (Fsp3) is 0.474. The SMILES string of the molecule is CCOC(=O)CNC(=O)OC(C)CNc1nc(NCc2ccc(OC)c(OC)c2)c2nc(NCC3COC(C)(C)O3)nc(NCc3ccc(OC)c(OC)c3)c2n1. The lowest BCUT2D eigenvalue weighted by atomic mass is 10.2. The number of methoxy groups -OCH3 is 4. The van der Waals surface area contributed by atoms with Gasteiger partial charge in [-0.3, -0.25) is 4.79 Å². The number of nitrogens with one attached hydrogen (secondary N) is 5. The molecule has 0 aliphatic carbocycles. The Kier molecular flexibility index (Phi) is 14.5. The van der Waals surface area contributed by atoms with Crippen molar-refractivity contribution in [1.82, 2.24) is 25.3 Å². The molecule has 3 heterocycles. The molecule has 4 aromatic rings. The second-order valence-corrected chi connectivity index (χ2v) is 13.2. The third kappa shape index (κ3) is 11.7. The highest BCUT2D eigenvalue weighted by molar-refractivity contribution is 5.94. The second-order valence-electron chi connectivity index (χ2n) is 13.2. The summed E-state index contributed by atoms with van der Waals surface area (Å²) in [6.45, 7) is 8.56. The van der Waals surface area contributed by atoms with Crippen LogP contribution in [0.2, 0.25) is 0 Å². The van der Waals surface area contributed by atoms with E-state index in [0.717, 1.165) is 11.1 Å². The van der Waals surface area contributed by atoms with E-state index in [2.05, 4.69) is 26.6 Å². The number of nitrogens with zero attached hydrogens (tertiary/aromatic N) is 4. The van der Waals surface area contributed by atoms with Gasteiger partial charge in [0.15, 0.2) is 40.4 Å². The first-order valence-electron chi connectivity index (χ1n) is 18.3. The molecule has 5 N–H and O–H groups in total. The highest BCUT2D eigenvalue weighted by Crippen LogP contribution is 2.32. The van der Waals surface area contributed by atoms with Crippen molar-refractivity contribution in [2.75, 3.05) is 82.6 Å². The molecule has 0 spiro atoms. The number of carbonyl (C=O) groups excluding carboxylic acids is 2. The number of esters is 1. The molecule has 0 radical (unpaired) electrons. The van der Waals surface area contributed by atoms with Crippen molar-refractivity contribution in [2.45, 2.75) is 58.8 Å². The Morgan fingerprint density at radius 3 is 1.82 bits per heavy atom.